The van der Waals surface area contributed by atoms with E-state index < -0.39 is 0 Å². The first-order valence-corrected chi connectivity index (χ1v) is 25.1. The van der Waals surface area contributed by atoms with Crippen molar-refractivity contribution in [3.8, 4) is 67.5 Å². The molecule has 0 radical (unpaired) electrons. The zero-order chi connectivity index (χ0) is 47.5. The Hall–Kier alpha value is -7.12. The first kappa shape index (κ1) is 46.6. The fraction of sp³-hybridized carbons (Fsp3) is 0.250. The lowest BCUT2D eigenvalue weighted by Gasteiger charge is -2.25. The van der Waals surface area contributed by atoms with Gasteiger partial charge in [0.15, 0.2) is 0 Å². The molecule has 6 nitrogen and oxygen atoms in total. The van der Waals surface area contributed by atoms with Gasteiger partial charge in [0.05, 0.1) is 39.6 Å². The standard InChI is InChI=1S/C64H62O6/c1-3-25-67-61-53-33-49(45-17-9-5-10-18-45)34-54(61)42-58-38-52(48-23-15-8-16-24-48)40-60-44-56-36-50(46-19-11-6-12-20-46)35-55(62(56)68-26-4-2)43-59-39-51(47-21-13-7-14-22-47)37-57(41-53)63(59)69-31-29-65-27-28-66-30-32-70-64(58)60/h5-24,33-40H,3-4,25-32,41-44H2,1-2H3. The van der Waals surface area contributed by atoms with Gasteiger partial charge < -0.3 is 28.4 Å². The van der Waals surface area contributed by atoms with Crippen molar-refractivity contribution in [3.05, 3.63) is 214 Å². The van der Waals surface area contributed by atoms with Crippen molar-refractivity contribution < 1.29 is 28.4 Å². The largest absolute Gasteiger partial charge is 0.493 e. The lowest BCUT2D eigenvalue weighted by atomic mass is 9.86. The van der Waals surface area contributed by atoms with Crippen LogP contribution in [-0.2, 0) is 35.2 Å². The second-order valence-corrected chi connectivity index (χ2v) is 18.3. The van der Waals surface area contributed by atoms with E-state index >= 15 is 0 Å². The Balaban J connectivity index is 1.32. The number of hydrogen-bond donors (Lipinski definition) is 0. The van der Waals surface area contributed by atoms with Gasteiger partial charge in [0.1, 0.15) is 36.2 Å². The van der Waals surface area contributed by atoms with Gasteiger partial charge in [-0.2, -0.15) is 0 Å². The third-order valence-corrected chi connectivity index (χ3v) is 13.1. The van der Waals surface area contributed by atoms with Crippen LogP contribution >= 0.6 is 0 Å². The van der Waals surface area contributed by atoms with Crippen LogP contribution in [0.2, 0.25) is 0 Å². The fourth-order valence-electron chi connectivity index (χ4n) is 9.96. The third-order valence-electron chi connectivity index (χ3n) is 13.1. The van der Waals surface area contributed by atoms with Crippen LogP contribution in [0.4, 0.5) is 0 Å². The number of hydrogen-bond acceptors (Lipinski definition) is 6. The van der Waals surface area contributed by atoms with Crippen LogP contribution < -0.4 is 18.9 Å². The van der Waals surface area contributed by atoms with Crippen molar-refractivity contribution in [2.24, 2.45) is 0 Å². The van der Waals surface area contributed by atoms with Crippen LogP contribution in [0, 0.1) is 0 Å². The van der Waals surface area contributed by atoms with E-state index in [1.165, 1.54) is 0 Å². The summed E-state index contributed by atoms with van der Waals surface area (Å²) in [6.45, 7) is 7.99. The van der Waals surface area contributed by atoms with Crippen molar-refractivity contribution in [2.45, 2.75) is 52.4 Å². The van der Waals surface area contributed by atoms with Crippen LogP contribution in [0.15, 0.2) is 170 Å². The summed E-state index contributed by atoms with van der Waals surface area (Å²) < 4.78 is 40.5. The Morgan fingerprint density at radius 2 is 0.571 bits per heavy atom. The molecule has 0 atom stereocenters. The Morgan fingerprint density at radius 1 is 0.314 bits per heavy atom. The predicted octanol–water partition coefficient (Wildman–Crippen LogP) is 14.4. The normalized spacial score (nSPS) is 13.9. The van der Waals surface area contributed by atoms with Gasteiger partial charge in [-0.1, -0.05) is 135 Å². The smallest absolute Gasteiger partial charge is 0.126 e. The van der Waals surface area contributed by atoms with Crippen LogP contribution in [0.5, 0.6) is 23.0 Å². The molecule has 6 heteroatoms. The van der Waals surface area contributed by atoms with Gasteiger partial charge in [0.2, 0.25) is 0 Å². The maximum absolute atomic E-state index is 7.08. The number of fused-ring (bicyclic) bond motifs is 2. The summed E-state index contributed by atoms with van der Waals surface area (Å²) in [5.74, 6) is 3.53. The molecule has 0 spiro atoms. The minimum atomic E-state index is 0.373. The Bertz CT molecular complexity index is 2700. The molecule has 1 aliphatic carbocycles. The van der Waals surface area contributed by atoms with Crippen LogP contribution in [0.25, 0.3) is 44.5 Å². The molecule has 1 heterocycles. The monoisotopic (exact) mass is 926 g/mol. The van der Waals surface area contributed by atoms with Gasteiger partial charge in [0, 0.05) is 25.7 Å². The molecule has 0 fully saturated rings. The first-order chi connectivity index (χ1) is 34.6. The van der Waals surface area contributed by atoms with Crippen molar-refractivity contribution in [1.29, 1.82) is 0 Å². The summed E-state index contributed by atoms with van der Waals surface area (Å²) in [6, 6.07) is 61.5. The summed E-state index contributed by atoms with van der Waals surface area (Å²) in [5, 5.41) is 0. The van der Waals surface area contributed by atoms with Crippen LogP contribution in [0.3, 0.4) is 0 Å². The topological polar surface area (TPSA) is 55.4 Å². The van der Waals surface area contributed by atoms with Gasteiger partial charge in [-0.3, -0.25) is 0 Å². The molecule has 0 saturated heterocycles. The lowest BCUT2D eigenvalue weighted by Crippen LogP contribution is -2.15. The first-order valence-electron chi connectivity index (χ1n) is 25.1. The molecule has 0 N–H and O–H groups in total. The van der Waals surface area contributed by atoms with Crippen LogP contribution in [0.1, 0.15) is 71.2 Å². The van der Waals surface area contributed by atoms with Crippen molar-refractivity contribution in [2.75, 3.05) is 52.9 Å². The molecule has 2 aliphatic rings. The minimum Gasteiger partial charge on any atom is -0.493 e. The minimum absolute atomic E-state index is 0.373. The molecule has 10 bridgehead atoms. The molecule has 0 unspecified atom stereocenters. The Morgan fingerprint density at radius 3 is 0.843 bits per heavy atom. The van der Waals surface area contributed by atoms with Gasteiger partial charge in [-0.15, -0.1) is 0 Å². The summed E-state index contributed by atoms with van der Waals surface area (Å²) in [4.78, 5) is 0. The second kappa shape index (κ2) is 22.5. The second-order valence-electron chi connectivity index (χ2n) is 18.3. The van der Waals surface area contributed by atoms with Crippen molar-refractivity contribution in [3.63, 3.8) is 0 Å². The average Bonchev–Trinajstić information content (AvgIpc) is 3.40. The van der Waals surface area contributed by atoms with E-state index in [-0.39, 0.29) is 0 Å². The van der Waals surface area contributed by atoms with Crippen LogP contribution in [-0.4, -0.2) is 52.9 Å². The average molecular weight is 927 g/mol. The highest BCUT2D eigenvalue weighted by atomic mass is 16.6. The lowest BCUT2D eigenvalue weighted by molar-refractivity contribution is 0.0271. The zero-order valence-electron chi connectivity index (χ0n) is 40.5. The highest BCUT2D eigenvalue weighted by molar-refractivity contribution is 5.75. The number of benzene rings is 8. The summed E-state index contributed by atoms with van der Waals surface area (Å²) in [7, 11) is 0. The highest BCUT2D eigenvalue weighted by Crippen LogP contribution is 2.44. The van der Waals surface area contributed by atoms with E-state index in [1.807, 2.05) is 0 Å². The molecule has 10 rings (SSSR count). The number of ether oxygens (including phenoxy) is 6. The highest BCUT2D eigenvalue weighted by Gasteiger charge is 2.26. The molecule has 354 valence electrons. The van der Waals surface area contributed by atoms with Gasteiger partial charge >= 0.3 is 0 Å². The molecule has 0 amide bonds. The SMILES string of the molecule is CCCOc1c2cc(-c3ccccc3)cc1Cc1cc(-c3ccccc3)cc3c1OCCOCCOCCOc1c(cc(-c4ccccc4)cc1Cc1cc(-c4ccccc4)cc(c1OCCC)C3)C2. The molecule has 0 aromatic heterocycles. The quantitative estimate of drug-likeness (QED) is 0.136. The van der Waals surface area contributed by atoms with E-state index in [2.05, 4.69) is 184 Å². The molecule has 8 aromatic carbocycles. The van der Waals surface area contributed by atoms with Crippen molar-refractivity contribution in [1.82, 2.24) is 0 Å². The molecular formula is C64H62O6. The maximum atomic E-state index is 7.08. The van der Waals surface area contributed by atoms with E-state index in [0.29, 0.717) is 78.5 Å². The Labute approximate surface area is 413 Å². The molecular weight excluding hydrogens is 865 g/mol. The zero-order valence-corrected chi connectivity index (χ0v) is 40.5. The predicted molar refractivity (Wildman–Crippen MR) is 283 cm³/mol. The van der Waals surface area contributed by atoms with E-state index in [1.54, 1.807) is 0 Å². The van der Waals surface area contributed by atoms with Crippen molar-refractivity contribution >= 4 is 0 Å². The summed E-state index contributed by atoms with van der Waals surface area (Å²) >= 11 is 0. The van der Waals surface area contributed by atoms with Gasteiger partial charge in [-0.05, 0) is 150 Å². The van der Waals surface area contributed by atoms with Gasteiger partial charge in [0.25, 0.3) is 0 Å². The number of rotatable bonds is 10. The van der Waals surface area contributed by atoms with E-state index in [9.17, 15) is 0 Å². The fourth-order valence-corrected chi connectivity index (χ4v) is 9.96. The van der Waals surface area contributed by atoms with E-state index in [4.69, 9.17) is 28.4 Å². The van der Waals surface area contributed by atoms with Gasteiger partial charge in [-0.25, -0.2) is 0 Å². The molecule has 1 aliphatic heterocycles. The van der Waals surface area contributed by atoms with E-state index in [0.717, 1.165) is 125 Å². The molecule has 0 saturated carbocycles. The maximum Gasteiger partial charge on any atom is 0.126 e. The summed E-state index contributed by atoms with van der Waals surface area (Å²) in [5.41, 5.74) is 17.8. The molecule has 70 heavy (non-hydrogen) atoms. The summed E-state index contributed by atoms with van der Waals surface area (Å²) in [6.07, 6.45) is 4.01. The molecule has 8 aromatic rings. The Kier molecular flexibility index (Phi) is 15.0. The third kappa shape index (κ3) is 10.8.